The zero-order valence-electron chi connectivity index (χ0n) is 12.0. The highest BCUT2D eigenvalue weighted by atomic mass is 16.5. The van der Waals surface area contributed by atoms with E-state index >= 15 is 0 Å². The summed E-state index contributed by atoms with van der Waals surface area (Å²) in [6.45, 7) is 8.55. The first-order chi connectivity index (χ1) is 8.81. The fraction of sp³-hybridized carbons (Fsp3) is 0.625. The first kappa shape index (κ1) is 15.0. The second-order valence-electron chi connectivity index (χ2n) is 4.69. The summed E-state index contributed by atoms with van der Waals surface area (Å²) in [6.07, 6.45) is 3.55. The predicted molar refractivity (Wildman–Crippen MR) is 78.1 cm³/mol. The number of hydrogen-bond donors (Lipinski definition) is 1. The van der Waals surface area contributed by atoms with Gasteiger partial charge in [0.2, 0.25) is 0 Å². The molecule has 0 saturated carbocycles. The van der Waals surface area contributed by atoms with Gasteiger partial charge in [-0.15, -0.1) is 0 Å². The van der Waals surface area contributed by atoms with Crippen LogP contribution < -0.4 is 10.1 Å². The molecular formula is C16H27NO. The molecule has 0 aliphatic heterocycles. The summed E-state index contributed by atoms with van der Waals surface area (Å²) in [5.41, 5.74) is 0. The van der Waals surface area contributed by atoms with E-state index in [9.17, 15) is 0 Å². The minimum Gasteiger partial charge on any atom is -0.494 e. The summed E-state index contributed by atoms with van der Waals surface area (Å²) in [6, 6.07) is 10.6. The van der Waals surface area contributed by atoms with Crippen molar-refractivity contribution in [1.29, 1.82) is 0 Å². The van der Waals surface area contributed by atoms with Crippen molar-refractivity contribution in [2.24, 2.45) is 5.92 Å². The Morgan fingerprint density at radius 2 is 1.72 bits per heavy atom. The molecule has 0 aliphatic rings. The van der Waals surface area contributed by atoms with Crippen molar-refractivity contribution in [2.75, 3.05) is 13.2 Å². The van der Waals surface area contributed by atoms with Crippen molar-refractivity contribution in [3.05, 3.63) is 30.3 Å². The van der Waals surface area contributed by atoms with Crippen LogP contribution in [0.1, 0.15) is 40.0 Å². The Morgan fingerprint density at radius 1 is 1.06 bits per heavy atom. The molecule has 1 rings (SSSR count). The number of para-hydroxylation sites is 1. The average molecular weight is 249 g/mol. The van der Waals surface area contributed by atoms with Crippen molar-refractivity contribution < 1.29 is 4.74 Å². The van der Waals surface area contributed by atoms with Crippen LogP contribution in [0.15, 0.2) is 30.3 Å². The maximum absolute atomic E-state index is 5.78. The van der Waals surface area contributed by atoms with Crippen LogP contribution in [0.4, 0.5) is 0 Å². The Hall–Kier alpha value is -1.02. The van der Waals surface area contributed by atoms with Gasteiger partial charge in [0, 0.05) is 6.04 Å². The number of nitrogens with one attached hydrogen (secondary N) is 1. The first-order valence-electron chi connectivity index (χ1n) is 7.23. The molecule has 0 aliphatic carbocycles. The van der Waals surface area contributed by atoms with E-state index in [0.29, 0.717) is 6.04 Å². The minimum atomic E-state index is 0.578. The van der Waals surface area contributed by atoms with E-state index in [1.165, 1.54) is 12.8 Å². The van der Waals surface area contributed by atoms with E-state index in [1.807, 2.05) is 30.3 Å². The minimum absolute atomic E-state index is 0.578. The molecule has 0 saturated heterocycles. The van der Waals surface area contributed by atoms with Gasteiger partial charge in [0.1, 0.15) is 5.75 Å². The quantitative estimate of drug-likeness (QED) is 0.717. The Kier molecular flexibility index (Phi) is 7.51. The first-order valence-corrected chi connectivity index (χ1v) is 7.23. The predicted octanol–water partition coefficient (Wildman–Crippen LogP) is 3.87. The molecular weight excluding hydrogens is 222 g/mol. The summed E-state index contributed by atoms with van der Waals surface area (Å²) in [4.78, 5) is 0. The highest BCUT2D eigenvalue weighted by Gasteiger charge is 2.17. The largest absolute Gasteiger partial charge is 0.494 e. The molecule has 0 aromatic heterocycles. The molecule has 0 spiro atoms. The van der Waals surface area contributed by atoms with E-state index in [2.05, 4.69) is 26.1 Å². The summed E-state index contributed by atoms with van der Waals surface area (Å²) in [5.74, 6) is 1.72. The SMILES string of the molecule is CCNC(CCOc1ccccc1)C(CC)CC. The fourth-order valence-corrected chi connectivity index (χ4v) is 2.44. The Balaban J connectivity index is 2.37. The van der Waals surface area contributed by atoms with E-state index in [-0.39, 0.29) is 0 Å². The van der Waals surface area contributed by atoms with Crippen molar-refractivity contribution in [3.8, 4) is 5.75 Å². The van der Waals surface area contributed by atoms with Crippen molar-refractivity contribution in [3.63, 3.8) is 0 Å². The van der Waals surface area contributed by atoms with Crippen molar-refractivity contribution in [2.45, 2.75) is 46.1 Å². The lowest BCUT2D eigenvalue weighted by atomic mass is 9.92. The van der Waals surface area contributed by atoms with Gasteiger partial charge in [-0.25, -0.2) is 0 Å². The number of benzene rings is 1. The molecule has 1 N–H and O–H groups in total. The van der Waals surface area contributed by atoms with Gasteiger partial charge in [-0.3, -0.25) is 0 Å². The van der Waals surface area contributed by atoms with Crippen LogP contribution in [0, 0.1) is 5.92 Å². The summed E-state index contributed by atoms with van der Waals surface area (Å²) >= 11 is 0. The maximum Gasteiger partial charge on any atom is 0.119 e. The van der Waals surface area contributed by atoms with Gasteiger partial charge in [0.15, 0.2) is 0 Å². The molecule has 102 valence electrons. The van der Waals surface area contributed by atoms with Gasteiger partial charge in [0.25, 0.3) is 0 Å². The summed E-state index contributed by atoms with van der Waals surface area (Å²) in [7, 11) is 0. The fourth-order valence-electron chi connectivity index (χ4n) is 2.44. The third kappa shape index (κ3) is 5.09. The molecule has 0 heterocycles. The highest BCUT2D eigenvalue weighted by Crippen LogP contribution is 2.17. The van der Waals surface area contributed by atoms with Gasteiger partial charge < -0.3 is 10.1 Å². The maximum atomic E-state index is 5.78. The van der Waals surface area contributed by atoms with Crippen LogP contribution in [0.3, 0.4) is 0 Å². The lowest BCUT2D eigenvalue weighted by molar-refractivity contribution is 0.245. The molecule has 1 unspecified atom stereocenters. The normalized spacial score (nSPS) is 12.7. The van der Waals surface area contributed by atoms with Gasteiger partial charge >= 0.3 is 0 Å². The molecule has 1 aromatic rings. The topological polar surface area (TPSA) is 21.3 Å². The Bertz CT molecular complexity index is 295. The van der Waals surface area contributed by atoms with E-state index < -0.39 is 0 Å². The van der Waals surface area contributed by atoms with Crippen LogP contribution in [-0.2, 0) is 0 Å². The van der Waals surface area contributed by atoms with Crippen LogP contribution >= 0.6 is 0 Å². The monoisotopic (exact) mass is 249 g/mol. The molecule has 18 heavy (non-hydrogen) atoms. The van der Waals surface area contributed by atoms with Gasteiger partial charge in [-0.1, -0.05) is 51.8 Å². The average Bonchev–Trinajstić information content (AvgIpc) is 2.41. The second-order valence-corrected chi connectivity index (χ2v) is 4.69. The summed E-state index contributed by atoms with van der Waals surface area (Å²) in [5, 5.41) is 3.59. The van der Waals surface area contributed by atoms with Crippen LogP contribution in [0.25, 0.3) is 0 Å². The molecule has 1 atom stereocenters. The lowest BCUT2D eigenvalue weighted by Crippen LogP contribution is -2.37. The van der Waals surface area contributed by atoms with E-state index in [4.69, 9.17) is 4.74 Å². The Labute approximate surface area is 112 Å². The van der Waals surface area contributed by atoms with Crippen molar-refractivity contribution in [1.82, 2.24) is 5.32 Å². The molecule has 1 aromatic carbocycles. The number of ether oxygens (including phenoxy) is 1. The standard InChI is InChI=1S/C16H27NO/c1-4-14(5-2)16(17-6-3)12-13-18-15-10-8-7-9-11-15/h7-11,14,16-17H,4-6,12-13H2,1-3H3. The highest BCUT2D eigenvalue weighted by molar-refractivity contribution is 5.20. The van der Waals surface area contributed by atoms with Crippen molar-refractivity contribution >= 4 is 0 Å². The zero-order chi connectivity index (χ0) is 13.2. The molecule has 0 bridgehead atoms. The zero-order valence-corrected chi connectivity index (χ0v) is 12.0. The molecule has 2 heteroatoms. The van der Waals surface area contributed by atoms with Crippen LogP contribution in [0.5, 0.6) is 5.75 Å². The number of hydrogen-bond acceptors (Lipinski definition) is 2. The van der Waals surface area contributed by atoms with Crippen LogP contribution in [-0.4, -0.2) is 19.2 Å². The second kappa shape index (κ2) is 8.98. The molecule has 0 fully saturated rings. The molecule has 0 radical (unpaired) electrons. The van der Waals surface area contributed by atoms with Gasteiger partial charge in [-0.2, -0.15) is 0 Å². The number of rotatable bonds is 9. The Morgan fingerprint density at radius 3 is 2.28 bits per heavy atom. The van der Waals surface area contributed by atoms with E-state index in [1.54, 1.807) is 0 Å². The summed E-state index contributed by atoms with van der Waals surface area (Å²) < 4.78 is 5.78. The van der Waals surface area contributed by atoms with E-state index in [0.717, 1.165) is 31.2 Å². The third-order valence-electron chi connectivity index (χ3n) is 3.52. The third-order valence-corrected chi connectivity index (χ3v) is 3.52. The van der Waals surface area contributed by atoms with Gasteiger partial charge in [-0.05, 0) is 31.0 Å². The molecule has 0 amide bonds. The lowest BCUT2D eigenvalue weighted by Gasteiger charge is -2.26. The molecule has 2 nitrogen and oxygen atoms in total. The van der Waals surface area contributed by atoms with Crippen LogP contribution in [0.2, 0.25) is 0 Å². The smallest absolute Gasteiger partial charge is 0.119 e. The van der Waals surface area contributed by atoms with Gasteiger partial charge in [0.05, 0.1) is 6.61 Å².